The van der Waals surface area contributed by atoms with Crippen LogP contribution in [-0.4, -0.2) is 42.5 Å². The Morgan fingerprint density at radius 1 is 0.938 bits per heavy atom. The third-order valence-electron chi connectivity index (χ3n) is 4.89. The standard InChI is InChI=1S/C25H33N5O2/c1-4-31-23-11-10-20(17-24(23)32-5-2)12-14-27-25(26-3)28-18-21-8-6-9-22(16-21)19-30-15-7-13-29-30/h6-11,13,15-17H,4-5,12,14,18-19H2,1-3H3,(H2,26,27,28). The Morgan fingerprint density at radius 2 is 1.75 bits per heavy atom. The van der Waals surface area contributed by atoms with Crippen molar-refractivity contribution in [3.05, 3.63) is 77.6 Å². The molecule has 0 radical (unpaired) electrons. The van der Waals surface area contributed by atoms with Gasteiger partial charge in [-0.3, -0.25) is 9.67 Å². The molecule has 3 aromatic rings. The van der Waals surface area contributed by atoms with Crippen LogP contribution in [0.25, 0.3) is 0 Å². The van der Waals surface area contributed by atoms with Gasteiger partial charge in [-0.25, -0.2) is 0 Å². The van der Waals surface area contributed by atoms with Crippen LogP contribution in [0.4, 0.5) is 0 Å². The second-order valence-corrected chi connectivity index (χ2v) is 7.27. The van der Waals surface area contributed by atoms with E-state index in [4.69, 9.17) is 9.47 Å². The predicted octanol–water partition coefficient (Wildman–Crippen LogP) is 3.64. The second-order valence-electron chi connectivity index (χ2n) is 7.27. The summed E-state index contributed by atoms with van der Waals surface area (Å²) in [6.45, 7) is 7.41. The molecule has 0 atom stereocenters. The van der Waals surface area contributed by atoms with Gasteiger partial charge in [-0.05, 0) is 55.2 Å². The van der Waals surface area contributed by atoms with Gasteiger partial charge in [0.15, 0.2) is 17.5 Å². The third-order valence-corrected chi connectivity index (χ3v) is 4.89. The summed E-state index contributed by atoms with van der Waals surface area (Å²) in [4.78, 5) is 4.34. The number of benzene rings is 2. The van der Waals surface area contributed by atoms with Crippen molar-refractivity contribution in [2.75, 3.05) is 26.8 Å². The minimum absolute atomic E-state index is 0.613. The highest BCUT2D eigenvalue weighted by molar-refractivity contribution is 5.79. The molecule has 1 heterocycles. The van der Waals surface area contributed by atoms with Gasteiger partial charge in [-0.15, -0.1) is 0 Å². The van der Waals surface area contributed by atoms with Gasteiger partial charge in [0.2, 0.25) is 0 Å². The number of hydrogen-bond acceptors (Lipinski definition) is 4. The zero-order valence-corrected chi connectivity index (χ0v) is 19.2. The Bertz CT molecular complexity index is 986. The Kier molecular flexibility index (Phi) is 8.98. The van der Waals surface area contributed by atoms with E-state index in [1.165, 1.54) is 16.7 Å². The number of rotatable bonds is 11. The summed E-state index contributed by atoms with van der Waals surface area (Å²) in [5, 5.41) is 11.0. The largest absolute Gasteiger partial charge is 0.490 e. The summed E-state index contributed by atoms with van der Waals surface area (Å²) in [7, 11) is 1.79. The molecule has 0 fully saturated rings. The molecule has 32 heavy (non-hydrogen) atoms. The maximum atomic E-state index is 5.72. The molecule has 0 aliphatic heterocycles. The van der Waals surface area contributed by atoms with E-state index in [1.807, 2.05) is 36.9 Å². The van der Waals surface area contributed by atoms with E-state index in [1.54, 1.807) is 13.2 Å². The molecular formula is C25H33N5O2. The first-order valence-electron chi connectivity index (χ1n) is 11.1. The summed E-state index contributed by atoms with van der Waals surface area (Å²) in [5.41, 5.74) is 3.60. The smallest absolute Gasteiger partial charge is 0.191 e. The lowest BCUT2D eigenvalue weighted by Crippen LogP contribution is -2.37. The Hall–Kier alpha value is -3.48. The SMILES string of the molecule is CCOc1ccc(CCNC(=NC)NCc2cccc(Cn3cccn3)c2)cc1OCC. The van der Waals surface area contributed by atoms with Crippen LogP contribution in [0.3, 0.4) is 0 Å². The quantitative estimate of drug-likeness (QED) is 0.355. The van der Waals surface area contributed by atoms with E-state index < -0.39 is 0 Å². The van der Waals surface area contributed by atoms with Crippen molar-refractivity contribution in [1.29, 1.82) is 0 Å². The number of ether oxygens (including phenoxy) is 2. The molecule has 170 valence electrons. The fourth-order valence-electron chi connectivity index (χ4n) is 3.40. The molecule has 0 unspecified atom stereocenters. The van der Waals surface area contributed by atoms with Crippen LogP contribution in [0.5, 0.6) is 11.5 Å². The Labute approximate surface area is 190 Å². The minimum atomic E-state index is 0.613. The lowest BCUT2D eigenvalue weighted by molar-refractivity contribution is 0.287. The molecule has 3 rings (SSSR count). The molecule has 0 aliphatic rings. The molecular weight excluding hydrogens is 402 g/mol. The van der Waals surface area contributed by atoms with Crippen LogP contribution in [0.15, 0.2) is 65.9 Å². The molecule has 0 aliphatic carbocycles. The van der Waals surface area contributed by atoms with Crippen molar-refractivity contribution >= 4 is 5.96 Å². The van der Waals surface area contributed by atoms with Gasteiger partial charge in [0.25, 0.3) is 0 Å². The van der Waals surface area contributed by atoms with Crippen LogP contribution in [0.2, 0.25) is 0 Å². The highest BCUT2D eigenvalue weighted by Crippen LogP contribution is 2.28. The van der Waals surface area contributed by atoms with E-state index in [9.17, 15) is 0 Å². The zero-order valence-electron chi connectivity index (χ0n) is 19.2. The third kappa shape index (κ3) is 7.04. The van der Waals surface area contributed by atoms with Gasteiger partial charge < -0.3 is 20.1 Å². The van der Waals surface area contributed by atoms with Gasteiger partial charge in [0, 0.05) is 32.5 Å². The summed E-state index contributed by atoms with van der Waals surface area (Å²) in [5.74, 6) is 2.36. The van der Waals surface area contributed by atoms with E-state index in [0.29, 0.717) is 19.8 Å². The number of nitrogens with one attached hydrogen (secondary N) is 2. The summed E-state index contributed by atoms with van der Waals surface area (Å²) in [6, 6.07) is 16.5. The normalized spacial score (nSPS) is 11.3. The molecule has 7 nitrogen and oxygen atoms in total. The van der Waals surface area contributed by atoms with Gasteiger partial charge in [-0.1, -0.05) is 30.3 Å². The van der Waals surface area contributed by atoms with E-state index in [2.05, 4.69) is 57.1 Å². The van der Waals surface area contributed by atoms with Gasteiger partial charge in [0.05, 0.1) is 19.8 Å². The highest BCUT2D eigenvalue weighted by atomic mass is 16.5. The number of nitrogens with zero attached hydrogens (tertiary/aromatic N) is 3. The first-order chi connectivity index (χ1) is 15.7. The average Bonchev–Trinajstić information content (AvgIpc) is 3.31. The van der Waals surface area contributed by atoms with E-state index >= 15 is 0 Å². The van der Waals surface area contributed by atoms with Crippen molar-refractivity contribution in [3.8, 4) is 11.5 Å². The van der Waals surface area contributed by atoms with Gasteiger partial charge in [0.1, 0.15) is 0 Å². The van der Waals surface area contributed by atoms with Gasteiger partial charge in [-0.2, -0.15) is 5.10 Å². The average molecular weight is 436 g/mol. The highest BCUT2D eigenvalue weighted by Gasteiger charge is 2.07. The number of aliphatic imine (C=N–C) groups is 1. The Balaban J connectivity index is 1.49. The monoisotopic (exact) mass is 435 g/mol. The van der Waals surface area contributed by atoms with Crippen molar-refractivity contribution in [1.82, 2.24) is 20.4 Å². The van der Waals surface area contributed by atoms with Crippen molar-refractivity contribution in [2.45, 2.75) is 33.4 Å². The fourth-order valence-corrected chi connectivity index (χ4v) is 3.40. The lowest BCUT2D eigenvalue weighted by Gasteiger charge is -2.14. The summed E-state index contributed by atoms with van der Waals surface area (Å²) in [6.07, 6.45) is 4.62. The number of hydrogen-bond donors (Lipinski definition) is 2. The maximum Gasteiger partial charge on any atom is 0.191 e. The van der Waals surface area contributed by atoms with Crippen molar-refractivity contribution < 1.29 is 9.47 Å². The van der Waals surface area contributed by atoms with Crippen LogP contribution < -0.4 is 20.1 Å². The van der Waals surface area contributed by atoms with E-state index in [-0.39, 0.29) is 0 Å². The molecule has 0 spiro atoms. The second kappa shape index (κ2) is 12.4. The van der Waals surface area contributed by atoms with Crippen molar-refractivity contribution in [3.63, 3.8) is 0 Å². The van der Waals surface area contributed by atoms with Crippen LogP contribution in [0, 0.1) is 0 Å². The first kappa shape index (κ1) is 23.2. The molecule has 0 saturated heterocycles. The zero-order chi connectivity index (χ0) is 22.6. The number of guanidine groups is 1. The fraction of sp³-hybridized carbons (Fsp3) is 0.360. The van der Waals surface area contributed by atoms with Crippen LogP contribution in [-0.2, 0) is 19.5 Å². The van der Waals surface area contributed by atoms with Crippen LogP contribution in [0.1, 0.15) is 30.5 Å². The molecule has 2 aromatic carbocycles. The minimum Gasteiger partial charge on any atom is -0.490 e. The Morgan fingerprint density at radius 3 is 2.50 bits per heavy atom. The van der Waals surface area contributed by atoms with Crippen molar-refractivity contribution in [2.24, 2.45) is 4.99 Å². The lowest BCUT2D eigenvalue weighted by atomic mass is 10.1. The van der Waals surface area contributed by atoms with E-state index in [0.717, 1.165) is 37.0 Å². The predicted molar refractivity (Wildman–Crippen MR) is 128 cm³/mol. The van der Waals surface area contributed by atoms with Gasteiger partial charge >= 0.3 is 0 Å². The maximum absolute atomic E-state index is 5.72. The molecule has 7 heteroatoms. The molecule has 2 N–H and O–H groups in total. The molecule has 0 bridgehead atoms. The molecule has 1 aromatic heterocycles. The summed E-state index contributed by atoms with van der Waals surface area (Å²) < 4.78 is 13.3. The molecule has 0 saturated carbocycles. The van der Waals surface area contributed by atoms with Crippen LogP contribution >= 0.6 is 0 Å². The molecule has 0 amide bonds. The topological polar surface area (TPSA) is 72.7 Å². The summed E-state index contributed by atoms with van der Waals surface area (Å²) >= 11 is 0. The number of aromatic nitrogens is 2. The first-order valence-corrected chi connectivity index (χ1v) is 11.1.